The lowest BCUT2D eigenvalue weighted by atomic mass is 10.0. The summed E-state index contributed by atoms with van der Waals surface area (Å²) in [6.45, 7) is 8.21. The first-order chi connectivity index (χ1) is 15.7. The van der Waals surface area contributed by atoms with Crippen molar-refractivity contribution < 1.29 is 14.3 Å². The lowest BCUT2D eigenvalue weighted by molar-refractivity contribution is 0.0577. The molecule has 176 valence electrons. The van der Waals surface area contributed by atoms with Crippen molar-refractivity contribution in [3.05, 3.63) is 47.5 Å². The lowest BCUT2D eigenvalue weighted by Gasteiger charge is -2.32. The largest absolute Gasteiger partial charge is 0.443 e. The topological polar surface area (TPSA) is 87.9 Å². The molecule has 0 radical (unpaired) electrons. The van der Waals surface area contributed by atoms with E-state index >= 15 is 0 Å². The van der Waals surface area contributed by atoms with E-state index < -0.39 is 5.60 Å². The minimum absolute atomic E-state index is 0.230. The van der Waals surface area contributed by atoms with Gasteiger partial charge in [0.25, 0.3) is 5.91 Å². The second-order valence-electron chi connectivity index (χ2n) is 9.85. The van der Waals surface area contributed by atoms with Gasteiger partial charge in [0.15, 0.2) is 0 Å². The zero-order valence-corrected chi connectivity index (χ0v) is 19.8. The van der Waals surface area contributed by atoms with Gasteiger partial charge in [-0.1, -0.05) is 0 Å². The van der Waals surface area contributed by atoms with E-state index in [1.807, 2.05) is 57.2 Å². The van der Waals surface area contributed by atoms with Crippen molar-refractivity contribution >= 4 is 34.7 Å². The van der Waals surface area contributed by atoms with Gasteiger partial charge in [0.1, 0.15) is 5.60 Å². The molecule has 0 atom stereocenters. The first-order valence-electron chi connectivity index (χ1n) is 11.8. The first kappa shape index (κ1) is 23.0. The molecule has 0 saturated carbocycles. The van der Waals surface area contributed by atoms with E-state index in [0.29, 0.717) is 23.5 Å². The number of nitrogens with two attached hydrogens (primary N) is 1. The number of nitrogen functional groups attached to an aromatic ring is 1. The molecule has 0 aromatic heterocycles. The average molecular weight is 451 g/mol. The van der Waals surface area contributed by atoms with Crippen molar-refractivity contribution in [3.63, 3.8) is 0 Å². The first-order valence-corrected chi connectivity index (χ1v) is 11.8. The SMILES string of the molecule is CC(C)(C)OC(=O)N1CCCc2cc(NC(=O)c3cc(N4CCCCC4)ccc3N)ccc21. The third kappa shape index (κ3) is 5.41. The van der Waals surface area contributed by atoms with Gasteiger partial charge in [-0.25, -0.2) is 4.79 Å². The molecule has 2 aliphatic rings. The molecular formula is C26H34N4O3. The van der Waals surface area contributed by atoms with Crippen LogP contribution in [0.1, 0.15) is 62.4 Å². The number of rotatable bonds is 3. The number of ether oxygens (including phenoxy) is 1. The highest BCUT2D eigenvalue weighted by atomic mass is 16.6. The van der Waals surface area contributed by atoms with E-state index in [2.05, 4.69) is 10.2 Å². The van der Waals surface area contributed by atoms with Crippen LogP contribution in [0.4, 0.5) is 27.5 Å². The molecule has 2 aromatic carbocycles. The van der Waals surface area contributed by atoms with Gasteiger partial charge in [0.05, 0.1) is 11.3 Å². The zero-order valence-electron chi connectivity index (χ0n) is 19.8. The fraction of sp³-hybridized carbons (Fsp3) is 0.462. The summed E-state index contributed by atoms with van der Waals surface area (Å²) in [4.78, 5) is 29.7. The van der Waals surface area contributed by atoms with Crippen LogP contribution in [0.2, 0.25) is 0 Å². The molecule has 7 heteroatoms. The third-order valence-electron chi connectivity index (χ3n) is 6.07. The zero-order chi connectivity index (χ0) is 23.6. The Morgan fingerprint density at radius 3 is 2.45 bits per heavy atom. The van der Waals surface area contributed by atoms with Gasteiger partial charge < -0.3 is 20.7 Å². The summed E-state index contributed by atoms with van der Waals surface area (Å²) in [6.07, 6.45) is 4.92. The Balaban J connectivity index is 1.51. The summed E-state index contributed by atoms with van der Waals surface area (Å²) in [5, 5.41) is 2.99. The predicted octanol–water partition coefficient (Wildman–Crippen LogP) is 5.20. The fourth-order valence-corrected chi connectivity index (χ4v) is 4.47. The number of anilines is 4. The monoisotopic (exact) mass is 450 g/mol. The highest BCUT2D eigenvalue weighted by Crippen LogP contribution is 2.32. The number of amides is 2. The summed E-state index contributed by atoms with van der Waals surface area (Å²) < 4.78 is 5.56. The molecule has 2 aliphatic heterocycles. The molecule has 7 nitrogen and oxygen atoms in total. The van der Waals surface area contributed by atoms with Gasteiger partial charge in [-0.05, 0) is 94.8 Å². The second kappa shape index (κ2) is 9.33. The van der Waals surface area contributed by atoms with Crippen LogP contribution in [-0.4, -0.2) is 37.2 Å². The predicted molar refractivity (Wildman–Crippen MR) is 133 cm³/mol. The maximum absolute atomic E-state index is 13.1. The number of hydrogen-bond donors (Lipinski definition) is 2. The Kier molecular flexibility index (Phi) is 6.49. The number of piperidine rings is 1. The van der Waals surface area contributed by atoms with E-state index in [0.717, 1.165) is 42.9 Å². The molecule has 0 aliphatic carbocycles. The highest BCUT2D eigenvalue weighted by molar-refractivity contribution is 6.08. The molecule has 1 fully saturated rings. The van der Waals surface area contributed by atoms with Crippen LogP contribution in [-0.2, 0) is 11.2 Å². The minimum atomic E-state index is -0.550. The Bertz CT molecular complexity index is 1040. The quantitative estimate of drug-likeness (QED) is 0.628. The van der Waals surface area contributed by atoms with Gasteiger partial charge in [-0.15, -0.1) is 0 Å². The van der Waals surface area contributed by atoms with Gasteiger partial charge in [0.2, 0.25) is 0 Å². The highest BCUT2D eigenvalue weighted by Gasteiger charge is 2.27. The van der Waals surface area contributed by atoms with Gasteiger partial charge >= 0.3 is 6.09 Å². The number of benzene rings is 2. The van der Waals surface area contributed by atoms with Crippen LogP contribution in [0, 0.1) is 0 Å². The minimum Gasteiger partial charge on any atom is -0.443 e. The molecule has 0 bridgehead atoms. The molecule has 2 aromatic rings. The molecule has 33 heavy (non-hydrogen) atoms. The molecule has 1 saturated heterocycles. The molecule has 2 amide bonds. The molecular weight excluding hydrogens is 416 g/mol. The van der Waals surface area contributed by atoms with Gasteiger partial charge in [-0.2, -0.15) is 0 Å². The van der Waals surface area contributed by atoms with Crippen LogP contribution in [0.25, 0.3) is 0 Å². The number of nitrogens with one attached hydrogen (secondary N) is 1. The standard InChI is InChI=1S/C26H34N4O3/c1-26(2,3)33-25(32)30-15-7-8-18-16-19(9-12-23(18)30)28-24(31)21-17-20(10-11-22(21)27)29-13-5-4-6-14-29/h9-12,16-17H,4-8,13-15,27H2,1-3H3,(H,28,31). The smallest absolute Gasteiger partial charge is 0.414 e. The van der Waals surface area contributed by atoms with Crippen molar-refractivity contribution in [2.75, 3.05) is 40.5 Å². The van der Waals surface area contributed by atoms with E-state index in [4.69, 9.17) is 10.5 Å². The molecule has 4 rings (SSSR count). The number of nitrogens with zero attached hydrogens (tertiary/aromatic N) is 2. The molecule has 0 spiro atoms. The number of carbonyl (C=O) groups is 2. The Hall–Kier alpha value is -3.22. The van der Waals surface area contributed by atoms with E-state index in [1.165, 1.54) is 19.3 Å². The third-order valence-corrected chi connectivity index (χ3v) is 6.07. The summed E-state index contributed by atoms with van der Waals surface area (Å²) in [5.41, 5.74) is 10.1. The molecule has 0 unspecified atom stereocenters. The van der Waals surface area contributed by atoms with Crippen LogP contribution in [0.15, 0.2) is 36.4 Å². The fourth-order valence-electron chi connectivity index (χ4n) is 4.47. The van der Waals surface area contributed by atoms with Gasteiger partial charge in [0, 0.05) is 36.7 Å². The lowest BCUT2D eigenvalue weighted by Crippen LogP contribution is -2.39. The summed E-state index contributed by atoms with van der Waals surface area (Å²) in [7, 11) is 0. The van der Waals surface area contributed by atoms with E-state index in [1.54, 1.807) is 4.90 Å². The Morgan fingerprint density at radius 2 is 1.73 bits per heavy atom. The summed E-state index contributed by atoms with van der Waals surface area (Å²) in [5.74, 6) is -0.230. The number of hydrogen-bond acceptors (Lipinski definition) is 5. The average Bonchev–Trinajstić information content (AvgIpc) is 2.78. The molecule has 2 heterocycles. The summed E-state index contributed by atoms with van der Waals surface area (Å²) in [6, 6.07) is 11.3. The number of fused-ring (bicyclic) bond motifs is 1. The van der Waals surface area contributed by atoms with Crippen molar-refractivity contribution in [2.45, 2.75) is 58.5 Å². The van der Waals surface area contributed by atoms with Crippen LogP contribution >= 0.6 is 0 Å². The summed E-state index contributed by atoms with van der Waals surface area (Å²) >= 11 is 0. The Labute approximate surface area is 195 Å². The van der Waals surface area contributed by atoms with E-state index in [9.17, 15) is 9.59 Å². The van der Waals surface area contributed by atoms with Crippen molar-refractivity contribution in [3.8, 4) is 0 Å². The molecule has 3 N–H and O–H groups in total. The van der Waals surface area contributed by atoms with Crippen LogP contribution < -0.4 is 20.9 Å². The Morgan fingerprint density at radius 1 is 0.970 bits per heavy atom. The maximum atomic E-state index is 13.1. The normalized spacial score (nSPS) is 16.2. The van der Waals surface area contributed by atoms with Crippen LogP contribution in [0.3, 0.4) is 0 Å². The second-order valence-corrected chi connectivity index (χ2v) is 9.85. The maximum Gasteiger partial charge on any atom is 0.414 e. The number of carbonyl (C=O) groups excluding carboxylic acids is 2. The van der Waals surface area contributed by atoms with Crippen molar-refractivity contribution in [1.29, 1.82) is 0 Å². The number of aryl methyl sites for hydroxylation is 1. The van der Waals surface area contributed by atoms with Gasteiger partial charge in [-0.3, -0.25) is 9.69 Å². The van der Waals surface area contributed by atoms with Crippen LogP contribution in [0.5, 0.6) is 0 Å². The van der Waals surface area contributed by atoms with Crippen molar-refractivity contribution in [2.24, 2.45) is 0 Å². The van der Waals surface area contributed by atoms with E-state index in [-0.39, 0.29) is 12.0 Å². The van der Waals surface area contributed by atoms with Crippen molar-refractivity contribution in [1.82, 2.24) is 0 Å².